The summed E-state index contributed by atoms with van der Waals surface area (Å²) in [4.78, 5) is 37.5. The molecule has 5 rings (SSSR count). The Morgan fingerprint density at radius 3 is 1.70 bits per heavy atom. The molecule has 0 saturated carbocycles. The molecule has 8 nitrogen and oxygen atoms in total. The Morgan fingerprint density at radius 1 is 0.750 bits per heavy atom. The average molecular weight is 897 g/mol. The number of ether oxygens (including phenoxy) is 2. The second-order valence-electron chi connectivity index (χ2n) is 14.3. The van der Waals surface area contributed by atoms with E-state index in [2.05, 4.69) is 36.9 Å². The van der Waals surface area contributed by atoms with E-state index in [1.54, 1.807) is 73.9 Å². The van der Waals surface area contributed by atoms with Crippen LogP contribution in [0.25, 0.3) is 0 Å². The van der Waals surface area contributed by atoms with Crippen LogP contribution in [0.3, 0.4) is 0 Å². The zero-order valence-corrected chi connectivity index (χ0v) is 37.2. The summed E-state index contributed by atoms with van der Waals surface area (Å²) in [6.07, 6.45) is 8.95. The third-order valence-electron chi connectivity index (χ3n) is 9.82. The van der Waals surface area contributed by atoms with Gasteiger partial charge in [-0.1, -0.05) is 96.4 Å². The number of halogens is 4. The van der Waals surface area contributed by atoms with Gasteiger partial charge in [-0.25, -0.2) is 0 Å². The maximum atomic E-state index is 13.0. The molecule has 4 aromatic rings. The highest BCUT2D eigenvalue weighted by molar-refractivity contribution is 6.64. The molecule has 0 aliphatic carbocycles. The van der Waals surface area contributed by atoms with Crippen LogP contribution in [0, 0.1) is 5.92 Å². The molecule has 2 N–H and O–H groups in total. The first-order valence-electron chi connectivity index (χ1n) is 19.6. The van der Waals surface area contributed by atoms with Gasteiger partial charge in [0.25, 0.3) is 0 Å². The molecule has 1 aliphatic heterocycles. The number of nitrogens with zero attached hydrogens (tertiary/aromatic N) is 1. The van der Waals surface area contributed by atoms with E-state index in [4.69, 9.17) is 61.0 Å². The zero-order chi connectivity index (χ0) is 44.0. The Balaban J connectivity index is 0.000000283. The summed E-state index contributed by atoms with van der Waals surface area (Å²) < 4.78 is 11.5. The van der Waals surface area contributed by atoms with Crippen molar-refractivity contribution >= 4 is 69.2 Å². The van der Waals surface area contributed by atoms with E-state index in [1.165, 1.54) is 12.8 Å². The minimum absolute atomic E-state index is 0.120. The number of allylic oxidation sites excluding steroid dienone is 3. The van der Waals surface area contributed by atoms with Crippen molar-refractivity contribution in [1.29, 1.82) is 0 Å². The molecule has 1 amide bonds. The summed E-state index contributed by atoms with van der Waals surface area (Å²) in [5.74, 6) is -0.160. The lowest BCUT2D eigenvalue weighted by atomic mass is 9.94. The number of carbonyl (C=O) groups is 3. The van der Waals surface area contributed by atoms with Gasteiger partial charge in [-0.2, -0.15) is 0 Å². The van der Waals surface area contributed by atoms with E-state index < -0.39 is 11.9 Å². The molecule has 0 aromatic heterocycles. The van der Waals surface area contributed by atoms with Crippen LogP contribution in [0.4, 0.5) is 5.69 Å². The van der Waals surface area contributed by atoms with Gasteiger partial charge in [0.05, 0.1) is 24.9 Å². The number of amides is 1. The van der Waals surface area contributed by atoms with Crippen LogP contribution in [0.2, 0.25) is 15.1 Å². The lowest BCUT2D eigenvalue weighted by Gasteiger charge is -2.30. The van der Waals surface area contributed by atoms with Crippen LogP contribution in [0.15, 0.2) is 129 Å². The SMILES string of the molecule is C=CCC(C(=O)Cl)c1cccc(Cl)c1.C=CCC(C(=O)Nc1ccc(OC)c(OCCN2CCC(C)CC2)c1)c1cccc(Cl)c1.C=CCC(C(=O)O)c1cccc(Cl)c1. The minimum Gasteiger partial charge on any atom is -0.493 e. The smallest absolute Gasteiger partial charge is 0.311 e. The van der Waals surface area contributed by atoms with Crippen LogP contribution in [0.1, 0.15) is 73.5 Å². The molecule has 60 heavy (non-hydrogen) atoms. The normalized spacial score (nSPS) is 14.0. The highest BCUT2D eigenvalue weighted by Crippen LogP contribution is 2.32. The van der Waals surface area contributed by atoms with Crippen LogP contribution < -0.4 is 14.8 Å². The molecule has 1 aliphatic rings. The second kappa shape index (κ2) is 26.6. The van der Waals surface area contributed by atoms with Crippen molar-refractivity contribution < 1.29 is 29.0 Å². The van der Waals surface area contributed by atoms with E-state index in [0.29, 0.717) is 63.7 Å². The van der Waals surface area contributed by atoms with Gasteiger partial charge in [-0.3, -0.25) is 19.3 Å². The number of carboxylic acid groups (broad SMARTS) is 1. The number of likely N-dealkylation sites (tertiary alicyclic amines) is 1. The number of nitrogens with one attached hydrogen (secondary N) is 1. The number of carbonyl (C=O) groups excluding carboxylic acids is 2. The third-order valence-corrected chi connectivity index (χ3v) is 10.8. The quantitative estimate of drug-likeness (QED) is 0.0757. The second-order valence-corrected chi connectivity index (χ2v) is 15.9. The summed E-state index contributed by atoms with van der Waals surface area (Å²) in [5.41, 5.74) is 3.06. The van der Waals surface area contributed by atoms with E-state index in [0.717, 1.165) is 36.7 Å². The number of methoxy groups -OCH3 is 1. The van der Waals surface area contributed by atoms with Crippen molar-refractivity contribution in [3.05, 3.63) is 161 Å². The van der Waals surface area contributed by atoms with Gasteiger partial charge in [-0.05, 0) is 128 Å². The number of piperidine rings is 1. The summed E-state index contributed by atoms with van der Waals surface area (Å²) in [5, 5.41) is 13.3. The van der Waals surface area contributed by atoms with E-state index in [-0.39, 0.29) is 23.0 Å². The maximum absolute atomic E-state index is 13.0. The predicted octanol–water partition coefficient (Wildman–Crippen LogP) is 12.6. The molecular formula is C48H54Cl4N2O6. The monoisotopic (exact) mass is 894 g/mol. The van der Waals surface area contributed by atoms with Crippen molar-refractivity contribution in [2.24, 2.45) is 5.92 Å². The molecule has 4 aromatic carbocycles. The Bertz CT molecular complexity index is 1960. The van der Waals surface area contributed by atoms with Gasteiger partial charge in [0, 0.05) is 33.4 Å². The summed E-state index contributed by atoms with van der Waals surface area (Å²) in [7, 11) is 1.62. The standard InChI is InChI=1S/C26H33ClN2O3.C11H10Cl2O.C11H11ClO2/c1-4-6-23(20-7-5-8-21(27)17-20)26(30)28-22-9-10-24(31-3)25(18-22)32-16-15-29-13-11-19(2)12-14-29;2*1-2-4-10(11(13)14)8-5-3-6-9(12)7-8/h4-5,7-10,17-19,23H,1,6,11-16H2,2-3H3,(H,28,30);2-3,5-7,10H,1,4H2;2-3,5-7,10H,1,4H2,(H,13,14). The number of benzene rings is 4. The highest BCUT2D eigenvalue weighted by atomic mass is 35.5. The fourth-order valence-electron chi connectivity index (χ4n) is 6.47. The number of aliphatic carboxylic acids is 1. The first-order valence-corrected chi connectivity index (χ1v) is 21.2. The Hall–Kier alpha value is -4.57. The lowest BCUT2D eigenvalue weighted by Crippen LogP contribution is -2.35. The maximum Gasteiger partial charge on any atom is 0.311 e. The Labute approximate surface area is 374 Å². The molecule has 12 heteroatoms. The molecule has 3 unspecified atom stereocenters. The summed E-state index contributed by atoms with van der Waals surface area (Å²) in [6, 6.07) is 26.9. The number of hydrogen-bond acceptors (Lipinski definition) is 6. The fourth-order valence-corrected chi connectivity index (χ4v) is 7.28. The van der Waals surface area contributed by atoms with Crippen LogP contribution in [0.5, 0.6) is 11.5 Å². The average Bonchev–Trinajstić information content (AvgIpc) is 3.22. The molecule has 0 radical (unpaired) electrons. The van der Waals surface area contributed by atoms with Crippen molar-refractivity contribution in [3.8, 4) is 11.5 Å². The largest absolute Gasteiger partial charge is 0.493 e. The van der Waals surface area contributed by atoms with E-state index >= 15 is 0 Å². The van der Waals surface area contributed by atoms with Gasteiger partial charge in [0.15, 0.2) is 11.5 Å². The third kappa shape index (κ3) is 16.8. The van der Waals surface area contributed by atoms with Gasteiger partial charge in [0.2, 0.25) is 11.1 Å². The number of rotatable bonds is 18. The molecule has 1 heterocycles. The van der Waals surface area contributed by atoms with Gasteiger partial charge in [0.1, 0.15) is 6.61 Å². The number of anilines is 1. The van der Waals surface area contributed by atoms with E-state index in [1.807, 2.05) is 42.5 Å². The van der Waals surface area contributed by atoms with Crippen LogP contribution >= 0.6 is 46.4 Å². The van der Waals surface area contributed by atoms with E-state index in [9.17, 15) is 14.4 Å². The fraction of sp³-hybridized carbons (Fsp3) is 0.312. The molecule has 320 valence electrons. The van der Waals surface area contributed by atoms with Crippen molar-refractivity contribution in [3.63, 3.8) is 0 Å². The van der Waals surface area contributed by atoms with Crippen molar-refractivity contribution in [2.75, 3.05) is 38.7 Å². The van der Waals surface area contributed by atoms with Gasteiger partial charge >= 0.3 is 5.97 Å². The van der Waals surface area contributed by atoms with Crippen molar-refractivity contribution in [1.82, 2.24) is 4.90 Å². The highest BCUT2D eigenvalue weighted by Gasteiger charge is 2.22. The van der Waals surface area contributed by atoms with Gasteiger partial charge in [-0.15, -0.1) is 19.7 Å². The Morgan fingerprint density at radius 2 is 1.23 bits per heavy atom. The molecular weight excluding hydrogens is 842 g/mol. The van der Waals surface area contributed by atoms with Crippen LogP contribution in [-0.2, 0) is 14.4 Å². The predicted molar refractivity (Wildman–Crippen MR) is 247 cm³/mol. The topological polar surface area (TPSA) is 105 Å². The zero-order valence-electron chi connectivity index (χ0n) is 34.1. The summed E-state index contributed by atoms with van der Waals surface area (Å²) in [6.45, 7) is 16.9. The number of hydrogen-bond donors (Lipinski definition) is 2. The number of carboxylic acids is 1. The van der Waals surface area contributed by atoms with Crippen LogP contribution in [-0.4, -0.2) is 60.5 Å². The van der Waals surface area contributed by atoms with Gasteiger partial charge < -0.3 is 19.9 Å². The summed E-state index contributed by atoms with van der Waals surface area (Å²) >= 11 is 23.2. The minimum atomic E-state index is -0.854. The molecule has 0 bridgehead atoms. The first kappa shape index (κ1) is 49.8. The molecule has 1 fully saturated rings. The molecule has 3 atom stereocenters. The van der Waals surface area contributed by atoms with Crippen molar-refractivity contribution in [2.45, 2.75) is 56.8 Å². The molecule has 0 spiro atoms. The first-order chi connectivity index (χ1) is 28.8. The lowest BCUT2D eigenvalue weighted by molar-refractivity contribution is -0.138. The molecule has 1 saturated heterocycles. The Kier molecular flexibility index (Phi) is 22.1.